The number of ether oxygens (including phenoxy) is 7. The topological polar surface area (TPSA) is 600 Å². The summed E-state index contributed by atoms with van der Waals surface area (Å²) in [4.78, 5) is 132. The van der Waals surface area contributed by atoms with E-state index in [2.05, 4.69) is 31.9 Å². The summed E-state index contributed by atoms with van der Waals surface area (Å²) in [5.41, 5.74) is 4.37. The van der Waals surface area contributed by atoms with Crippen LogP contribution in [0.15, 0.2) is 121 Å². The lowest BCUT2D eigenvalue weighted by Crippen LogP contribution is -2.65. The average molecular weight is 1910 g/mol. The molecule has 22 N–H and O–H groups in total. The molecule has 40 heteroatoms. The lowest BCUT2D eigenvalue weighted by Gasteiger charge is -2.48. The molecule has 0 spiro atoms. The lowest BCUT2D eigenvalue weighted by atomic mass is 9.84. The minimum Gasteiger partial charge on any atom is -0.507 e. The first-order valence-corrected chi connectivity index (χ1v) is 44.4. The number of hydrogen-bond donors (Lipinski definition) is 21. The molecule has 7 aromatic rings. The standard InChI is InChI=1S/C93H108Cl3N7O30/c1-6-44(25-41(2)3)87(123)101-74-62(110)29-51(32-70(97)113)88(124)100-73-50-30-67(129-65-22-17-48(76(74)114)27-57(65)95)84(133-92-85(83(121)81(119)69(39-105)131-92)132-71-35-93(5,86(122)42(4)128-71)99-36-43-10-12-45(13-11-43)46-14-19-52(94)20-15-46)68(31-50)130-66-23-18-49(28-58(66)96)77(115)75-90(126)103-91(127-40-106)55-34-61(109)56(37-98-24-8-7-9-60(108)79(117)82(120)80(118)64(112)38-104)78(116)72(55)54-26-47(16-21-59(54)107)53(33-63(73)111)89(125)102-75/h10-23,26-28,30-31,34,40-42,44,51,53,64,69,71,73-77,79-83,85-86,91-92,98-99,104-105,107,109,112,114-122H,6-9,24-25,29,32-33,35-39H2,1-5H3,(H2,97,113)(H,100,124)(H,101,123)(H,102,125)(H,103,126)/t42?,44-,51+,53+,64-,69-,71+,73-,74+,75+,76-,77-,79+,80-,81?,82-,83?,85-,86-,91-,92?,93?/m1/s1. The van der Waals surface area contributed by atoms with Crippen molar-refractivity contribution in [3.63, 3.8) is 0 Å². The molecule has 37 nitrogen and oxygen atoms in total. The Morgan fingerprint density at radius 1 is 0.692 bits per heavy atom. The van der Waals surface area contributed by atoms with Crippen molar-refractivity contribution in [2.45, 2.75) is 227 Å². The van der Waals surface area contributed by atoms with Crippen LogP contribution in [-0.4, -0.2) is 236 Å². The Labute approximate surface area is 777 Å². The zero-order valence-electron chi connectivity index (χ0n) is 72.7. The number of carbonyl (C=O) groups excluding carboxylic acids is 9. The molecule has 14 rings (SSSR count). The highest BCUT2D eigenvalue weighted by atomic mass is 35.5. The molecular weight excluding hydrogens is 1800 g/mol. The number of nitrogens with one attached hydrogen (secondary N) is 6. The van der Waals surface area contributed by atoms with Crippen molar-refractivity contribution in [1.82, 2.24) is 31.9 Å². The maximum Gasteiger partial charge on any atom is 0.295 e. The van der Waals surface area contributed by atoms with Crippen LogP contribution in [0.3, 0.4) is 0 Å². The summed E-state index contributed by atoms with van der Waals surface area (Å²) in [6.45, 7) is 6.34. The third kappa shape index (κ3) is 23.5. The van der Waals surface area contributed by atoms with Gasteiger partial charge in [0.05, 0.1) is 52.9 Å². The molecule has 133 heavy (non-hydrogen) atoms. The van der Waals surface area contributed by atoms with E-state index in [9.17, 15) is 90.7 Å². The number of nitrogens with two attached hydrogens (primary N) is 1. The quantitative estimate of drug-likeness (QED) is 0.0208. The number of amides is 5. The van der Waals surface area contributed by atoms with Crippen molar-refractivity contribution in [1.29, 1.82) is 0 Å². The summed E-state index contributed by atoms with van der Waals surface area (Å²) >= 11 is 20.6. The van der Waals surface area contributed by atoms with Gasteiger partial charge in [-0.05, 0) is 158 Å². The molecule has 0 aromatic heterocycles. The maximum atomic E-state index is 16.6. The number of halogens is 3. The van der Waals surface area contributed by atoms with Crippen LogP contribution in [0.25, 0.3) is 22.3 Å². The van der Waals surface area contributed by atoms with E-state index in [1.165, 1.54) is 24.3 Å². The fraction of sp³-hybridized carbons (Fsp3) is 0.452. The van der Waals surface area contributed by atoms with Crippen LogP contribution in [0.2, 0.25) is 15.1 Å². The van der Waals surface area contributed by atoms with Gasteiger partial charge in [0.25, 0.3) is 6.47 Å². The highest BCUT2D eigenvalue weighted by Gasteiger charge is 2.53. The van der Waals surface area contributed by atoms with Crippen LogP contribution in [0.4, 0.5) is 0 Å². The van der Waals surface area contributed by atoms with Gasteiger partial charge in [-0.1, -0.05) is 110 Å². The number of aliphatic hydroxyl groups excluding tert-OH is 11. The van der Waals surface area contributed by atoms with Gasteiger partial charge in [0.15, 0.2) is 41.2 Å². The number of carbonyl (C=O) groups is 9. The van der Waals surface area contributed by atoms with E-state index in [1.807, 2.05) is 50.2 Å². The van der Waals surface area contributed by atoms with E-state index in [1.54, 1.807) is 32.9 Å². The number of phenols is 3. The molecule has 2 fully saturated rings. The van der Waals surface area contributed by atoms with Gasteiger partial charge in [-0.15, -0.1) is 0 Å². The number of rotatable bonds is 30. The minimum atomic E-state index is -2.28. The Morgan fingerprint density at radius 3 is 1.94 bits per heavy atom. The van der Waals surface area contributed by atoms with Crippen LogP contribution in [0.5, 0.6) is 46.0 Å². The number of ketones is 3. The van der Waals surface area contributed by atoms with Crippen molar-refractivity contribution < 1.29 is 148 Å². The van der Waals surface area contributed by atoms with Gasteiger partial charge in [-0.2, -0.15) is 0 Å². The van der Waals surface area contributed by atoms with Crippen molar-refractivity contribution in [3.05, 3.63) is 175 Å². The second-order valence-electron chi connectivity index (χ2n) is 34.4. The van der Waals surface area contributed by atoms with Crippen molar-refractivity contribution >= 4 is 88.2 Å². The summed E-state index contributed by atoms with van der Waals surface area (Å²) in [6.07, 6.45) is -31.1. The molecule has 11 bridgehead atoms. The summed E-state index contributed by atoms with van der Waals surface area (Å²) in [6, 6.07) is 21.9. The van der Waals surface area contributed by atoms with Crippen LogP contribution >= 0.6 is 34.8 Å². The highest BCUT2D eigenvalue weighted by Crippen LogP contribution is 2.52. The summed E-state index contributed by atoms with van der Waals surface area (Å²) in [5.74, 6) is -18.7. The first kappa shape index (κ1) is 101. The van der Waals surface area contributed by atoms with Gasteiger partial charge in [0.1, 0.15) is 102 Å². The van der Waals surface area contributed by atoms with Gasteiger partial charge in [-0.25, -0.2) is 0 Å². The molecular formula is C93H108Cl3N7O30. The Bertz CT molecular complexity index is 5410. The zero-order chi connectivity index (χ0) is 96.5. The second-order valence-corrected chi connectivity index (χ2v) is 35.7. The SMILES string of the molecule is CC[C@H](CC(C)C)C(=O)N[C@H]1C(=O)C[C@@H](CC(N)=O)C(=O)N[C@H]2C(=O)C[C@@H]3C(=O)N[C@H](C(=O)N[C@H](OC=O)c4cc(O)c(CNCCCCC(=O)[C@H](O)[C@@H](O)[C@H](O)[C@H](O)CO)c(O)c4-c4cc3ccc4O)[C@H](O)c3ccc(c(Cl)c3)Oc3cc2cc(c3OC2O[C@H](CO)C(O)C(O)[C@H]2O[C@H]2CC(C)(NCc3ccc(-c4ccc(Cl)cc4)cc3)[C@H](O)C(C)O2)Oc2ccc(cc2Cl)[C@H]1O. The van der Waals surface area contributed by atoms with Crippen molar-refractivity contribution in [2.24, 2.45) is 23.5 Å². The molecule has 7 aliphatic rings. The summed E-state index contributed by atoms with van der Waals surface area (Å²) in [7, 11) is 0. The van der Waals surface area contributed by atoms with E-state index >= 15 is 24.0 Å². The molecule has 0 radical (unpaired) electrons. The molecule has 5 unspecified atom stereocenters. The monoisotopic (exact) mass is 1910 g/mol. The first-order valence-electron chi connectivity index (χ1n) is 43.2. The van der Waals surface area contributed by atoms with Crippen LogP contribution < -0.4 is 51.8 Å². The lowest BCUT2D eigenvalue weighted by molar-refractivity contribution is -0.334. The number of Topliss-reactive ketones (excluding diaryl/α,β-unsaturated/α-hetero) is 3. The van der Waals surface area contributed by atoms with Gasteiger partial charge >= 0.3 is 0 Å². The molecule has 7 heterocycles. The highest BCUT2D eigenvalue weighted by molar-refractivity contribution is 6.32. The number of aliphatic hydroxyl groups is 11. The van der Waals surface area contributed by atoms with Gasteiger partial charge in [0.2, 0.25) is 47.8 Å². The van der Waals surface area contributed by atoms with Crippen LogP contribution in [-0.2, 0) is 75.2 Å². The Hall–Kier alpha value is -10.6. The van der Waals surface area contributed by atoms with Gasteiger partial charge < -0.3 is 142 Å². The number of primary amides is 1. The predicted molar refractivity (Wildman–Crippen MR) is 474 cm³/mol. The predicted octanol–water partition coefficient (Wildman–Crippen LogP) is 4.98. The molecule has 5 amide bonds. The fourth-order valence-electron chi connectivity index (χ4n) is 16.9. The normalized spacial score (nSPS) is 26.2. The molecule has 7 aromatic carbocycles. The fourth-order valence-corrected chi connectivity index (χ4v) is 17.5. The van der Waals surface area contributed by atoms with E-state index in [0.717, 1.165) is 65.2 Å². The van der Waals surface area contributed by atoms with Crippen LogP contribution in [0, 0.1) is 17.8 Å². The Morgan fingerprint density at radius 2 is 1.33 bits per heavy atom. The first-order chi connectivity index (χ1) is 63.2. The summed E-state index contributed by atoms with van der Waals surface area (Å²) in [5, 5.41) is 175. The number of unbranched alkanes of at least 4 members (excludes halogenated alkanes) is 1. The van der Waals surface area contributed by atoms with Gasteiger partial charge in [-0.3, -0.25) is 43.2 Å². The molecule has 0 aliphatic carbocycles. The van der Waals surface area contributed by atoms with E-state index in [0.29, 0.717) is 11.4 Å². The molecule has 7 aliphatic heterocycles. The largest absolute Gasteiger partial charge is 0.507 e. The smallest absolute Gasteiger partial charge is 0.295 e. The number of benzene rings is 7. The molecule has 716 valence electrons. The third-order valence-electron chi connectivity index (χ3n) is 24.5. The van der Waals surface area contributed by atoms with Gasteiger partial charge in [0, 0.05) is 78.4 Å². The second kappa shape index (κ2) is 44.3. The number of phenolic OH excluding ortho intramolecular Hbond substituents is 3. The third-order valence-corrected chi connectivity index (χ3v) is 25.3. The number of fused-ring (bicyclic) bond motifs is 15. The Kier molecular flexibility index (Phi) is 33.7. The maximum absolute atomic E-state index is 16.6. The zero-order valence-corrected chi connectivity index (χ0v) is 75.0. The van der Waals surface area contributed by atoms with E-state index in [4.69, 9.17) is 73.7 Å². The van der Waals surface area contributed by atoms with Crippen molar-refractivity contribution in [3.8, 4) is 68.2 Å². The molecule has 22 atom stereocenters. The van der Waals surface area contributed by atoms with Crippen molar-refractivity contribution in [2.75, 3.05) is 19.8 Å². The van der Waals surface area contributed by atoms with Crippen LogP contribution in [0.1, 0.15) is 162 Å². The number of hydrogen-bond acceptors (Lipinski definition) is 32. The average Bonchev–Trinajstić information content (AvgIpc) is 0.760. The molecule has 0 saturated carbocycles. The Balaban J connectivity index is 1.01. The minimum absolute atomic E-state index is 0.0113. The van der Waals surface area contributed by atoms with E-state index in [-0.39, 0.29) is 90.6 Å². The number of aromatic hydroxyl groups is 3. The molecule has 2 saturated heterocycles. The summed E-state index contributed by atoms with van der Waals surface area (Å²) < 4.78 is 45.3. The van der Waals surface area contributed by atoms with E-state index < -0.39 is 287 Å².